The smallest absolute Gasteiger partial charge is 0.0189 e. The van der Waals surface area contributed by atoms with Gasteiger partial charge in [-0.15, -0.1) is 0 Å². The molecule has 1 saturated carbocycles. The standard InChI is InChI=1S/C18H29N/c1-4-10-15(3)17(19-5-2)18(13-9-14-18)16-11-7-6-8-12-16/h6-8,11-12,15,17,19H,4-5,9-10,13-14H2,1-3H3. The Morgan fingerprint density at radius 3 is 2.32 bits per heavy atom. The highest BCUT2D eigenvalue weighted by molar-refractivity contribution is 5.31. The first-order valence-corrected chi connectivity index (χ1v) is 8.03. The lowest BCUT2D eigenvalue weighted by Crippen LogP contribution is -2.55. The third-order valence-electron chi connectivity index (χ3n) is 4.93. The SMILES string of the molecule is CCCC(C)C(NCC)C1(c2ccccc2)CCC1. The van der Waals surface area contributed by atoms with Crippen molar-refractivity contribution in [2.75, 3.05) is 6.54 Å². The molecule has 2 unspecified atom stereocenters. The van der Waals surface area contributed by atoms with Crippen molar-refractivity contribution >= 4 is 0 Å². The topological polar surface area (TPSA) is 12.0 Å². The number of likely N-dealkylation sites (N-methyl/N-ethyl adjacent to an activating group) is 1. The molecule has 0 heterocycles. The molecule has 1 fully saturated rings. The van der Waals surface area contributed by atoms with E-state index in [2.05, 4.69) is 56.4 Å². The number of nitrogens with one attached hydrogen (secondary N) is 1. The van der Waals surface area contributed by atoms with Crippen LogP contribution in [0.15, 0.2) is 30.3 Å². The van der Waals surface area contributed by atoms with Gasteiger partial charge in [-0.2, -0.15) is 0 Å². The molecule has 0 aliphatic heterocycles. The summed E-state index contributed by atoms with van der Waals surface area (Å²) in [5, 5.41) is 3.81. The van der Waals surface area contributed by atoms with E-state index in [1.54, 1.807) is 5.56 Å². The molecule has 0 saturated heterocycles. The van der Waals surface area contributed by atoms with E-state index in [0.29, 0.717) is 11.5 Å². The molecule has 1 aromatic rings. The summed E-state index contributed by atoms with van der Waals surface area (Å²) in [5.41, 5.74) is 1.95. The molecule has 2 atom stereocenters. The van der Waals surface area contributed by atoms with Crippen LogP contribution in [0.4, 0.5) is 0 Å². The molecule has 0 amide bonds. The highest BCUT2D eigenvalue weighted by atomic mass is 14.9. The summed E-state index contributed by atoms with van der Waals surface area (Å²) in [6.45, 7) is 8.05. The first kappa shape index (κ1) is 14.6. The normalized spacial score (nSPS) is 20.6. The molecule has 0 spiro atoms. The molecule has 0 bridgehead atoms. The maximum Gasteiger partial charge on any atom is 0.0189 e. The van der Waals surface area contributed by atoms with Crippen LogP contribution < -0.4 is 5.32 Å². The van der Waals surface area contributed by atoms with Crippen molar-refractivity contribution in [3.05, 3.63) is 35.9 Å². The molecule has 1 aliphatic carbocycles. The van der Waals surface area contributed by atoms with Gasteiger partial charge in [-0.25, -0.2) is 0 Å². The minimum Gasteiger partial charge on any atom is -0.313 e. The lowest BCUT2D eigenvalue weighted by atomic mass is 9.57. The summed E-state index contributed by atoms with van der Waals surface area (Å²) in [5.74, 6) is 0.755. The van der Waals surface area contributed by atoms with Crippen LogP contribution in [-0.2, 0) is 5.41 Å². The summed E-state index contributed by atoms with van der Waals surface area (Å²) < 4.78 is 0. The lowest BCUT2D eigenvalue weighted by molar-refractivity contribution is 0.127. The van der Waals surface area contributed by atoms with Crippen LogP contribution in [0.25, 0.3) is 0 Å². The Hall–Kier alpha value is -0.820. The van der Waals surface area contributed by atoms with Crippen LogP contribution in [0.1, 0.15) is 58.4 Å². The maximum absolute atomic E-state index is 3.81. The van der Waals surface area contributed by atoms with Crippen LogP contribution in [0.2, 0.25) is 0 Å². The summed E-state index contributed by atoms with van der Waals surface area (Å²) >= 11 is 0. The van der Waals surface area contributed by atoms with Gasteiger partial charge in [0, 0.05) is 11.5 Å². The molecular weight excluding hydrogens is 230 g/mol. The number of benzene rings is 1. The van der Waals surface area contributed by atoms with Crippen molar-refractivity contribution in [3.63, 3.8) is 0 Å². The fraction of sp³-hybridized carbons (Fsp3) is 0.667. The third kappa shape index (κ3) is 2.86. The molecule has 0 aromatic heterocycles. The van der Waals surface area contributed by atoms with E-state index in [4.69, 9.17) is 0 Å². The van der Waals surface area contributed by atoms with Crippen LogP contribution in [0.3, 0.4) is 0 Å². The van der Waals surface area contributed by atoms with E-state index in [1.165, 1.54) is 32.1 Å². The van der Waals surface area contributed by atoms with Crippen LogP contribution in [0, 0.1) is 5.92 Å². The highest BCUT2D eigenvalue weighted by Gasteiger charge is 2.46. The van der Waals surface area contributed by atoms with E-state index in [0.717, 1.165) is 12.5 Å². The lowest BCUT2D eigenvalue weighted by Gasteiger charge is -2.51. The Bertz CT molecular complexity index is 367. The zero-order valence-corrected chi connectivity index (χ0v) is 12.8. The maximum atomic E-state index is 3.81. The zero-order chi connectivity index (χ0) is 13.7. The summed E-state index contributed by atoms with van der Waals surface area (Å²) in [4.78, 5) is 0. The van der Waals surface area contributed by atoms with Gasteiger partial charge in [0.2, 0.25) is 0 Å². The Kier molecular flexibility index (Phi) is 5.04. The number of hydrogen-bond donors (Lipinski definition) is 1. The minimum absolute atomic E-state index is 0.395. The van der Waals surface area contributed by atoms with Gasteiger partial charge >= 0.3 is 0 Å². The van der Waals surface area contributed by atoms with Crippen molar-refractivity contribution < 1.29 is 0 Å². The zero-order valence-electron chi connectivity index (χ0n) is 12.8. The van der Waals surface area contributed by atoms with Crippen molar-refractivity contribution in [2.45, 2.75) is 64.3 Å². The molecule has 1 N–H and O–H groups in total. The van der Waals surface area contributed by atoms with Crippen LogP contribution >= 0.6 is 0 Å². The van der Waals surface area contributed by atoms with Gasteiger partial charge in [-0.05, 0) is 37.3 Å². The average Bonchev–Trinajstić information content (AvgIpc) is 2.38. The molecule has 0 radical (unpaired) electrons. The Balaban J connectivity index is 2.26. The van der Waals surface area contributed by atoms with Gasteiger partial charge in [-0.1, -0.05) is 63.9 Å². The Labute approximate surface area is 118 Å². The Morgan fingerprint density at radius 1 is 1.16 bits per heavy atom. The first-order valence-electron chi connectivity index (χ1n) is 8.03. The first-order chi connectivity index (χ1) is 9.24. The van der Waals surface area contributed by atoms with Crippen molar-refractivity contribution in [1.29, 1.82) is 0 Å². The number of rotatable bonds is 7. The van der Waals surface area contributed by atoms with E-state index in [1.807, 2.05) is 0 Å². The molecule has 1 aliphatic rings. The predicted molar refractivity (Wildman–Crippen MR) is 83.5 cm³/mol. The monoisotopic (exact) mass is 259 g/mol. The van der Waals surface area contributed by atoms with Gasteiger partial charge in [0.05, 0.1) is 0 Å². The highest BCUT2D eigenvalue weighted by Crippen LogP contribution is 2.48. The fourth-order valence-electron chi connectivity index (χ4n) is 3.89. The quantitative estimate of drug-likeness (QED) is 0.759. The van der Waals surface area contributed by atoms with E-state index in [9.17, 15) is 0 Å². The molecule has 106 valence electrons. The minimum atomic E-state index is 0.395. The van der Waals surface area contributed by atoms with Gasteiger partial charge in [-0.3, -0.25) is 0 Å². The largest absolute Gasteiger partial charge is 0.313 e. The fourth-order valence-corrected chi connectivity index (χ4v) is 3.89. The third-order valence-corrected chi connectivity index (χ3v) is 4.93. The molecule has 19 heavy (non-hydrogen) atoms. The second-order valence-corrected chi connectivity index (χ2v) is 6.18. The van der Waals surface area contributed by atoms with Crippen LogP contribution in [0.5, 0.6) is 0 Å². The van der Waals surface area contributed by atoms with E-state index >= 15 is 0 Å². The van der Waals surface area contributed by atoms with Gasteiger partial charge in [0.1, 0.15) is 0 Å². The molecule has 1 aromatic carbocycles. The van der Waals surface area contributed by atoms with Crippen LogP contribution in [-0.4, -0.2) is 12.6 Å². The number of hydrogen-bond acceptors (Lipinski definition) is 1. The van der Waals surface area contributed by atoms with E-state index in [-0.39, 0.29) is 0 Å². The van der Waals surface area contributed by atoms with E-state index < -0.39 is 0 Å². The van der Waals surface area contributed by atoms with Crippen molar-refractivity contribution in [3.8, 4) is 0 Å². The molecular formula is C18H29N. The average molecular weight is 259 g/mol. The second-order valence-electron chi connectivity index (χ2n) is 6.18. The summed E-state index contributed by atoms with van der Waals surface area (Å²) in [6, 6.07) is 11.8. The second kappa shape index (κ2) is 6.56. The van der Waals surface area contributed by atoms with Gasteiger partial charge in [0.25, 0.3) is 0 Å². The van der Waals surface area contributed by atoms with Gasteiger partial charge in [0.15, 0.2) is 0 Å². The summed E-state index contributed by atoms with van der Waals surface area (Å²) in [7, 11) is 0. The molecule has 2 rings (SSSR count). The van der Waals surface area contributed by atoms with Crippen molar-refractivity contribution in [1.82, 2.24) is 5.32 Å². The predicted octanol–water partition coefficient (Wildman–Crippen LogP) is 4.52. The molecule has 1 nitrogen and oxygen atoms in total. The summed E-state index contributed by atoms with van der Waals surface area (Å²) in [6.07, 6.45) is 6.70. The van der Waals surface area contributed by atoms with Crippen molar-refractivity contribution in [2.24, 2.45) is 5.92 Å². The van der Waals surface area contributed by atoms with Gasteiger partial charge < -0.3 is 5.32 Å². The Morgan fingerprint density at radius 2 is 1.84 bits per heavy atom. The molecule has 1 heteroatoms.